The van der Waals surface area contributed by atoms with Crippen LogP contribution in [0.3, 0.4) is 0 Å². The van der Waals surface area contributed by atoms with Gasteiger partial charge >= 0.3 is 80.9 Å². The Hall–Kier alpha value is 1.64. The van der Waals surface area contributed by atoms with Gasteiger partial charge in [-0.05, 0) is 0 Å². The topological polar surface area (TPSA) is 68.1 Å². The van der Waals surface area contributed by atoms with Crippen molar-refractivity contribution in [3.63, 3.8) is 0 Å². The Labute approximate surface area is 104 Å². The average Bonchev–Trinajstić information content (AvgIpc) is 1.41. The van der Waals surface area contributed by atoms with Gasteiger partial charge in [0, 0.05) is 0 Å². The van der Waals surface area contributed by atoms with Gasteiger partial charge in [0.05, 0.1) is 0 Å². The van der Waals surface area contributed by atoms with Crippen molar-refractivity contribution in [1.82, 2.24) is 0 Å². The monoisotopic (exact) mass is 140 g/mol. The van der Waals surface area contributed by atoms with Gasteiger partial charge in [-0.25, -0.2) is 0 Å². The molecule has 7 heteroatoms. The fourth-order valence-electron chi connectivity index (χ4n) is 0.0136. The Bertz CT molecular complexity index is 42.2. The summed E-state index contributed by atoms with van der Waals surface area (Å²) < 4.78 is 0. The SMILES string of the molecule is O=NON=O.[KH].[NaH]. The second-order valence-corrected chi connectivity index (χ2v) is 0.231. The molecular formula is H2KN2NaO3. The molecule has 0 saturated carbocycles. The summed E-state index contributed by atoms with van der Waals surface area (Å²) in [5, 5.41) is 3.25. The third-order valence-corrected chi connectivity index (χ3v) is 0.0667. The standard InChI is InChI=1S/K.N2O3.Na.2H/c;3-1-5-2-4;;;. The average molecular weight is 140 g/mol. The molecule has 0 aromatic carbocycles. The summed E-state index contributed by atoms with van der Waals surface area (Å²) >= 11 is 0. The number of hydrogen-bond acceptors (Lipinski definition) is 5. The first kappa shape index (κ1) is 15.9. The van der Waals surface area contributed by atoms with Crippen molar-refractivity contribution in [2.75, 3.05) is 0 Å². The first-order valence-electron chi connectivity index (χ1n) is 0.730. The molecule has 0 aliphatic rings. The number of hydrogen-bond donors (Lipinski definition) is 0. The van der Waals surface area contributed by atoms with Gasteiger partial charge in [0.1, 0.15) is 0 Å². The Morgan fingerprint density at radius 1 is 1.14 bits per heavy atom. The van der Waals surface area contributed by atoms with E-state index in [4.69, 9.17) is 9.81 Å². The van der Waals surface area contributed by atoms with E-state index in [1.807, 2.05) is 0 Å². The quantitative estimate of drug-likeness (QED) is 0.282. The molecule has 32 valence electrons. The van der Waals surface area contributed by atoms with E-state index in [0.717, 1.165) is 0 Å². The van der Waals surface area contributed by atoms with E-state index in [2.05, 4.69) is 4.94 Å². The summed E-state index contributed by atoms with van der Waals surface area (Å²) in [4.78, 5) is 20.2. The van der Waals surface area contributed by atoms with E-state index in [1.165, 1.54) is 0 Å². The molecule has 0 amide bonds. The van der Waals surface area contributed by atoms with Crippen LogP contribution in [0, 0.1) is 9.81 Å². The predicted octanol–water partition coefficient (Wildman–Crippen LogP) is -0.931. The van der Waals surface area contributed by atoms with Crippen LogP contribution in [0.4, 0.5) is 0 Å². The number of rotatable bonds is 2. The summed E-state index contributed by atoms with van der Waals surface area (Å²) in [5.74, 6) is 0. The van der Waals surface area contributed by atoms with Gasteiger partial charge in [-0.2, -0.15) is 4.94 Å². The Balaban J connectivity index is -0.0000000800. The Kier molecular flexibility index (Phi) is 35.4. The van der Waals surface area contributed by atoms with Crippen LogP contribution in [0.25, 0.3) is 0 Å². The molecule has 0 fully saturated rings. The normalized spacial score (nSPS) is 4.00. The zero-order chi connectivity index (χ0) is 4.12. The molecule has 0 saturated heterocycles. The zero-order valence-corrected chi connectivity index (χ0v) is 2.12. The molecule has 0 N–H and O–H groups in total. The molecule has 0 aromatic heterocycles. The van der Waals surface area contributed by atoms with E-state index in [-0.39, 0.29) is 80.9 Å². The summed E-state index contributed by atoms with van der Waals surface area (Å²) in [5.41, 5.74) is 0. The second-order valence-electron chi connectivity index (χ2n) is 0.231. The van der Waals surface area contributed by atoms with Crippen LogP contribution in [-0.4, -0.2) is 80.9 Å². The van der Waals surface area contributed by atoms with E-state index in [0.29, 0.717) is 0 Å². The molecule has 0 heterocycles. The minimum absolute atomic E-state index is 0. The molecule has 0 aliphatic heterocycles. The minimum atomic E-state index is 0. The Morgan fingerprint density at radius 3 is 1.43 bits per heavy atom. The summed E-state index contributed by atoms with van der Waals surface area (Å²) in [7, 11) is 0. The molecule has 7 heavy (non-hydrogen) atoms. The molecule has 0 aliphatic carbocycles. The van der Waals surface area contributed by atoms with E-state index < -0.39 is 0 Å². The van der Waals surface area contributed by atoms with Crippen LogP contribution >= 0.6 is 0 Å². The number of nitrogens with zero attached hydrogens (tertiary/aromatic N) is 2. The zero-order valence-electron chi connectivity index (χ0n) is 2.12. The van der Waals surface area contributed by atoms with Gasteiger partial charge in [-0.1, -0.05) is 0 Å². The van der Waals surface area contributed by atoms with Gasteiger partial charge in [-0.15, -0.1) is 9.81 Å². The van der Waals surface area contributed by atoms with Crippen LogP contribution in [0.1, 0.15) is 0 Å². The van der Waals surface area contributed by atoms with Gasteiger partial charge in [0.15, 0.2) is 10.7 Å². The molecule has 5 nitrogen and oxygen atoms in total. The summed E-state index contributed by atoms with van der Waals surface area (Å²) in [6, 6.07) is 0. The van der Waals surface area contributed by atoms with Crippen LogP contribution in [-0.2, 0) is 4.94 Å². The van der Waals surface area contributed by atoms with E-state index >= 15 is 0 Å². The van der Waals surface area contributed by atoms with Crippen molar-refractivity contribution in [3.8, 4) is 0 Å². The maximum atomic E-state index is 8.64. The predicted molar refractivity (Wildman–Crippen MR) is 27.0 cm³/mol. The molecule has 0 unspecified atom stereocenters. The van der Waals surface area contributed by atoms with Crippen molar-refractivity contribution in [3.05, 3.63) is 9.81 Å². The summed E-state index contributed by atoms with van der Waals surface area (Å²) in [6.07, 6.45) is 0. The first-order valence-corrected chi connectivity index (χ1v) is 0.730. The fraction of sp³-hybridized carbons (Fsp3) is 0. The van der Waals surface area contributed by atoms with Crippen molar-refractivity contribution in [2.24, 2.45) is 10.7 Å². The fourth-order valence-corrected chi connectivity index (χ4v) is 0.0136. The molecule has 0 aromatic rings. The third kappa shape index (κ3) is 18.3. The molecule has 0 atom stereocenters. The van der Waals surface area contributed by atoms with E-state index in [9.17, 15) is 0 Å². The molecule has 0 spiro atoms. The van der Waals surface area contributed by atoms with Crippen LogP contribution in [0.5, 0.6) is 0 Å². The van der Waals surface area contributed by atoms with Gasteiger partial charge in [0.2, 0.25) is 0 Å². The molecular weight excluding hydrogens is 138 g/mol. The Morgan fingerprint density at radius 2 is 1.43 bits per heavy atom. The second kappa shape index (κ2) is 15.6. The van der Waals surface area contributed by atoms with E-state index in [1.54, 1.807) is 10.7 Å². The van der Waals surface area contributed by atoms with Crippen LogP contribution in [0.15, 0.2) is 10.7 Å². The molecule has 0 radical (unpaired) electrons. The van der Waals surface area contributed by atoms with Gasteiger partial charge < -0.3 is 0 Å². The van der Waals surface area contributed by atoms with Gasteiger partial charge in [-0.3, -0.25) is 0 Å². The maximum absolute atomic E-state index is 8.64. The summed E-state index contributed by atoms with van der Waals surface area (Å²) in [6.45, 7) is 0. The third-order valence-electron chi connectivity index (χ3n) is 0.0667. The molecule has 0 bridgehead atoms. The van der Waals surface area contributed by atoms with Crippen molar-refractivity contribution < 1.29 is 4.94 Å². The van der Waals surface area contributed by atoms with Crippen molar-refractivity contribution in [1.29, 1.82) is 0 Å². The van der Waals surface area contributed by atoms with Crippen LogP contribution in [0.2, 0.25) is 0 Å². The van der Waals surface area contributed by atoms with Crippen LogP contribution < -0.4 is 0 Å². The van der Waals surface area contributed by atoms with Gasteiger partial charge in [0.25, 0.3) is 0 Å². The molecule has 0 rings (SSSR count). The first-order chi connectivity index (χ1) is 2.41. The van der Waals surface area contributed by atoms with Crippen molar-refractivity contribution >= 4 is 80.9 Å². The van der Waals surface area contributed by atoms with Crippen molar-refractivity contribution in [2.45, 2.75) is 0 Å².